The lowest BCUT2D eigenvalue weighted by atomic mass is 9.89. The Kier molecular flexibility index (Phi) is 4.81. The minimum absolute atomic E-state index is 0.274. The van der Waals surface area contributed by atoms with Crippen molar-refractivity contribution in [3.8, 4) is 0 Å². The number of H-pyrrole nitrogens is 1. The monoisotopic (exact) mass is 298 g/mol. The summed E-state index contributed by atoms with van der Waals surface area (Å²) in [6, 6.07) is 8.29. The molecule has 0 radical (unpaired) electrons. The fraction of sp³-hybridized carbons (Fsp3) is 0.526. The number of nitrogens with one attached hydrogen (secondary N) is 1. The van der Waals surface area contributed by atoms with Gasteiger partial charge >= 0.3 is 0 Å². The lowest BCUT2D eigenvalue weighted by molar-refractivity contribution is -0.130. The number of benzene rings is 1. The molecule has 1 fully saturated rings. The molecule has 0 unspecified atom stereocenters. The highest BCUT2D eigenvalue weighted by atomic mass is 16.2. The highest BCUT2D eigenvalue weighted by Crippen LogP contribution is 2.24. The average Bonchev–Trinajstić information content (AvgIpc) is 2.97. The number of hydrogen-bond acceptors (Lipinski definition) is 1. The molecule has 1 N–H and O–H groups in total. The van der Waals surface area contributed by atoms with Crippen LogP contribution in [0.15, 0.2) is 30.5 Å². The summed E-state index contributed by atoms with van der Waals surface area (Å²) in [5, 5.41) is 1.24. The Balaban J connectivity index is 1.53. The molecule has 0 bridgehead atoms. The third-order valence-electron chi connectivity index (χ3n) is 4.97. The maximum Gasteiger partial charge on any atom is 0.222 e. The molecule has 1 aromatic heterocycles. The second-order valence-corrected chi connectivity index (χ2v) is 6.64. The standard InChI is InChI=1S/C19H26N2O/c1-21(14-15-7-3-2-4-8-15)19(22)12-11-16-13-20-18-10-6-5-9-17(16)18/h5-6,9-10,13,15,20H,2-4,7-8,11-12,14H2,1H3. The molecule has 3 nitrogen and oxygen atoms in total. The van der Waals surface area contributed by atoms with Gasteiger partial charge in [-0.05, 0) is 36.8 Å². The number of para-hydroxylation sites is 1. The Morgan fingerprint density at radius 2 is 2.00 bits per heavy atom. The number of carbonyl (C=O) groups is 1. The van der Waals surface area contributed by atoms with Gasteiger partial charge in [0, 0.05) is 37.1 Å². The maximum atomic E-state index is 12.4. The minimum atomic E-state index is 0.274. The molecule has 1 heterocycles. The molecule has 0 aliphatic heterocycles. The van der Waals surface area contributed by atoms with Crippen molar-refractivity contribution in [2.24, 2.45) is 5.92 Å². The largest absolute Gasteiger partial charge is 0.361 e. The molecule has 1 amide bonds. The van der Waals surface area contributed by atoms with Crippen LogP contribution in [0.4, 0.5) is 0 Å². The van der Waals surface area contributed by atoms with Gasteiger partial charge in [-0.15, -0.1) is 0 Å². The van der Waals surface area contributed by atoms with Crippen LogP contribution in [0.25, 0.3) is 10.9 Å². The molecule has 1 aromatic carbocycles. The highest BCUT2D eigenvalue weighted by Gasteiger charge is 2.18. The molecule has 0 spiro atoms. The van der Waals surface area contributed by atoms with Gasteiger partial charge in [-0.1, -0.05) is 37.5 Å². The van der Waals surface area contributed by atoms with E-state index >= 15 is 0 Å². The smallest absolute Gasteiger partial charge is 0.222 e. The number of rotatable bonds is 5. The normalized spacial score (nSPS) is 16.0. The first-order valence-electron chi connectivity index (χ1n) is 8.53. The van der Waals surface area contributed by atoms with Gasteiger partial charge in [-0.3, -0.25) is 4.79 Å². The van der Waals surface area contributed by atoms with Crippen LogP contribution in [-0.2, 0) is 11.2 Å². The van der Waals surface area contributed by atoms with Gasteiger partial charge in [0.1, 0.15) is 0 Å². The fourth-order valence-electron chi connectivity index (χ4n) is 3.63. The molecule has 1 aliphatic rings. The van der Waals surface area contributed by atoms with E-state index in [-0.39, 0.29) is 5.91 Å². The summed E-state index contributed by atoms with van der Waals surface area (Å²) in [5.41, 5.74) is 2.40. The van der Waals surface area contributed by atoms with Crippen LogP contribution in [-0.4, -0.2) is 29.4 Å². The SMILES string of the molecule is CN(CC1CCCCC1)C(=O)CCc1c[nH]c2ccccc12. The van der Waals surface area contributed by atoms with Crippen LogP contribution in [0, 0.1) is 5.92 Å². The van der Waals surface area contributed by atoms with Gasteiger partial charge < -0.3 is 9.88 Å². The van der Waals surface area contributed by atoms with E-state index in [1.165, 1.54) is 43.1 Å². The lowest BCUT2D eigenvalue weighted by Crippen LogP contribution is -2.32. The van der Waals surface area contributed by atoms with E-state index in [0.717, 1.165) is 24.4 Å². The molecular weight excluding hydrogens is 272 g/mol. The van der Waals surface area contributed by atoms with Gasteiger partial charge in [0.15, 0.2) is 0 Å². The van der Waals surface area contributed by atoms with Crippen molar-refractivity contribution in [1.29, 1.82) is 0 Å². The summed E-state index contributed by atoms with van der Waals surface area (Å²) in [6.45, 7) is 0.937. The second-order valence-electron chi connectivity index (χ2n) is 6.64. The number of aryl methyl sites for hydroxylation is 1. The van der Waals surface area contributed by atoms with Gasteiger partial charge in [-0.2, -0.15) is 0 Å². The quantitative estimate of drug-likeness (QED) is 0.885. The van der Waals surface area contributed by atoms with Crippen molar-refractivity contribution in [3.63, 3.8) is 0 Å². The Hall–Kier alpha value is -1.77. The number of aromatic amines is 1. The van der Waals surface area contributed by atoms with Crippen molar-refractivity contribution in [2.45, 2.75) is 44.9 Å². The van der Waals surface area contributed by atoms with Crippen LogP contribution >= 0.6 is 0 Å². The summed E-state index contributed by atoms with van der Waals surface area (Å²) < 4.78 is 0. The zero-order valence-electron chi connectivity index (χ0n) is 13.5. The van der Waals surface area contributed by atoms with Gasteiger partial charge in [0.05, 0.1) is 0 Å². The highest BCUT2D eigenvalue weighted by molar-refractivity contribution is 5.84. The summed E-state index contributed by atoms with van der Waals surface area (Å²) in [4.78, 5) is 17.6. The summed E-state index contributed by atoms with van der Waals surface area (Å²) in [7, 11) is 1.96. The Labute approximate surface area is 132 Å². The first-order valence-corrected chi connectivity index (χ1v) is 8.53. The number of carbonyl (C=O) groups excluding carboxylic acids is 1. The molecule has 0 atom stereocenters. The van der Waals surface area contributed by atoms with Crippen molar-refractivity contribution in [3.05, 3.63) is 36.0 Å². The zero-order valence-corrected chi connectivity index (χ0v) is 13.5. The molecule has 3 rings (SSSR count). The molecule has 3 heteroatoms. The number of fused-ring (bicyclic) bond motifs is 1. The van der Waals surface area contributed by atoms with Crippen LogP contribution in [0.1, 0.15) is 44.1 Å². The second kappa shape index (κ2) is 6.99. The molecule has 0 saturated heterocycles. The lowest BCUT2D eigenvalue weighted by Gasteiger charge is -2.27. The van der Waals surface area contributed by atoms with E-state index in [0.29, 0.717) is 6.42 Å². The van der Waals surface area contributed by atoms with Crippen LogP contribution in [0.2, 0.25) is 0 Å². The van der Waals surface area contributed by atoms with E-state index in [9.17, 15) is 4.79 Å². The first kappa shape index (κ1) is 15.1. The summed E-state index contributed by atoms with van der Waals surface area (Å²) >= 11 is 0. The van der Waals surface area contributed by atoms with E-state index < -0.39 is 0 Å². The van der Waals surface area contributed by atoms with Gasteiger partial charge in [0.2, 0.25) is 5.91 Å². The van der Waals surface area contributed by atoms with E-state index in [2.05, 4.69) is 23.2 Å². The summed E-state index contributed by atoms with van der Waals surface area (Å²) in [5.74, 6) is 0.992. The molecule has 22 heavy (non-hydrogen) atoms. The number of aromatic nitrogens is 1. The molecule has 2 aromatic rings. The third-order valence-corrected chi connectivity index (χ3v) is 4.97. The number of nitrogens with zero attached hydrogens (tertiary/aromatic N) is 1. The average molecular weight is 298 g/mol. The van der Waals surface area contributed by atoms with Crippen molar-refractivity contribution in [1.82, 2.24) is 9.88 Å². The van der Waals surface area contributed by atoms with E-state index in [1.807, 2.05) is 24.2 Å². The van der Waals surface area contributed by atoms with E-state index in [1.54, 1.807) is 0 Å². The van der Waals surface area contributed by atoms with Crippen LogP contribution < -0.4 is 0 Å². The first-order chi connectivity index (χ1) is 10.7. The minimum Gasteiger partial charge on any atom is -0.361 e. The predicted octanol–water partition coefficient (Wildman–Crippen LogP) is 4.14. The Morgan fingerprint density at radius 3 is 2.82 bits per heavy atom. The Morgan fingerprint density at radius 1 is 1.23 bits per heavy atom. The van der Waals surface area contributed by atoms with Crippen molar-refractivity contribution < 1.29 is 4.79 Å². The van der Waals surface area contributed by atoms with Crippen LogP contribution in [0.5, 0.6) is 0 Å². The number of hydrogen-bond donors (Lipinski definition) is 1. The number of amides is 1. The maximum absolute atomic E-state index is 12.4. The summed E-state index contributed by atoms with van der Waals surface area (Å²) in [6.07, 6.45) is 10.1. The van der Waals surface area contributed by atoms with Crippen LogP contribution in [0.3, 0.4) is 0 Å². The van der Waals surface area contributed by atoms with Crippen molar-refractivity contribution >= 4 is 16.8 Å². The predicted molar refractivity (Wildman–Crippen MR) is 90.8 cm³/mol. The molecule has 118 valence electrons. The van der Waals surface area contributed by atoms with Gasteiger partial charge in [-0.25, -0.2) is 0 Å². The molecule has 1 saturated carbocycles. The van der Waals surface area contributed by atoms with Crippen molar-refractivity contribution in [2.75, 3.05) is 13.6 Å². The third kappa shape index (κ3) is 3.52. The Bertz CT molecular complexity index is 625. The van der Waals surface area contributed by atoms with E-state index in [4.69, 9.17) is 0 Å². The zero-order chi connectivity index (χ0) is 15.4. The molecule has 1 aliphatic carbocycles. The topological polar surface area (TPSA) is 36.1 Å². The fourth-order valence-corrected chi connectivity index (χ4v) is 3.63. The van der Waals surface area contributed by atoms with Gasteiger partial charge in [0.25, 0.3) is 0 Å². The molecular formula is C19H26N2O.